The molecule has 0 saturated heterocycles. The number of nitrogen functional groups attached to an aromatic ring is 1. The number of nitrogens with one attached hydrogen (secondary N) is 1. The van der Waals surface area contributed by atoms with E-state index < -0.39 is 0 Å². The molecule has 0 atom stereocenters. The van der Waals surface area contributed by atoms with Crippen LogP contribution in [0.3, 0.4) is 0 Å². The van der Waals surface area contributed by atoms with Crippen molar-refractivity contribution in [1.82, 2.24) is 9.78 Å². The number of anilines is 2. The molecule has 0 radical (unpaired) electrons. The molecule has 0 bridgehead atoms. The molecule has 4 N–H and O–H groups in total. The van der Waals surface area contributed by atoms with Gasteiger partial charge in [-0.3, -0.25) is 0 Å². The Kier molecular flexibility index (Phi) is 2.21. The van der Waals surface area contributed by atoms with Gasteiger partial charge >= 0.3 is 0 Å². The van der Waals surface area contributed by atoms with Gasteiger partial charge in [0.05, 0.1) is 0 Å². The summed E-state index contributed by atoms with van der Waals surface area (Å²) >= 11 is 0. The molecule has 2 aromatic rings. The molecule has 1 aromatic carbocycles. The number of benzene rings is 1. The van der Waals surface area contributed by atoms with Crippen molar-refractivity contribution in [2.24, 2.45) is 0 Å². The van der Waals surface area contributed by atoms with Crippen LogP contribution in [0, 0.1) is 0 Å². The van der Waals surface area contributed by atoms with E-state index in [4.69, 9.17) is 5.73 Å². The quantitative estimate of drug-likeness (QED) is 0.687. The lowest BCUT2D eigenvalue weighted by atomic mass is 10.3. The normalized spacial score (nSPS) is 10.2. The van der Waals surface area contributed by atoms with Crippen LogP contribution in [0.1, 0.15) is 0 Å². The van der Waals surface area contributed by atoms with Crippen molar-refractivity contribution in [2.75, 3.05) is 18.1 Å². The van der Waals surface area contributed by atoms with E-state index in [9.17, 15) is 5.11 Å². The van der Waals surface area contributed by atoms with Gasteiger partial charge in [-0.1, -0.05) is 12.1 Å². The van der Waals surface area contributed by atoms with Gasteiger partial charge in [-0.05, 0) is 12.1 Å². The molecule has 0 aliphatic carbocycles. The van der Waals surface area contributed by atoms with Crippen molar-refractivity contribution in [3.8, 4) is 11.4 Å². The van der Waals surface area contributed by atoms with Gasteiger partial charge in [0.2, 0.25) is 0 Å². The third-order valence-electron chi connectivity index (χ3n) is 2.10. The lowest BCUT2D eigenvalue weighted by molar-refractivity contribution is 0.471. The summed E-state index contributed by atoms with van der Waals surface area (Å²) in [5, 5.41) is 16.7. The number of phenolic OH excluding ortho intramolecular Hbond substituents is 1. The summed E-state index contributed by atoms with van der Waals surface area (Å²) < 4.78 is 1.49. The molecule has 0 amide bonds. The van der Waals surface area contributed by atoms with Gasteiger partial charge in [-0.2, -0.15) is 0 Å². The minimum absolute atomic E-state index is 0.148. The van der Waals surface area contributed by atoms with Crippen molar-refractivity contribution >= 4 is 11.6 Å². The highest BCUT2D eigenvalue weighted by atomic mass is 16.3. The van der Waals surface area contributed by atoms with Gasteiger partial charge in [-0.15, -0.1) is 5.10 Å². The average Bonchev–Trinajstić information content (AvgIpc) is 2.60. The monoisotopic (exact) mass is 204 g/mol. The van der Waals surface area contributed by atoms with E-state index in [1.54, 1.807) is 31.3 Å². The average molecular weight is 204 g/mol. The fraction of sp³-hybridized carbons (Fsp3) is 0.100. The van der Waals surface area contributed by atoms with E-state index in [0.717, 1.165) is 0 Å². The van der Waals surface area contributed by atoms with Crippen molar-refractivity contribution < 1.29 is 5.11 Å². The largest absolute Gasteiger partial charge is 0.506 e. The Labute approximate surface area is 87.1 Å². The van der Waals surface area contributed by atoms with Crippen LogP contribution >= 0.6 is 0 Å². The molecule has 15 heavy (non-hydrogen) atoms. The summed E-state index contributed by atoms with van der Waals surface area (Å²) in [4.78, 5) is 0. The molecule has 5 nitrogen and oxygen atoms in total. The van der Waals surface area contributed by atoms with E-state index >= 15 is 0 Å². The van der Waals surface area contributed by atoms with E-state index in [2.05, 4.69) is 10.4 Å². The van der Waals surface area contributed by atoms with Crippen LogP contribution in [0.15, 0.2) is 30.3 Å². The summed E-state index contributed by atoms with van der Waals surface area (Å²) in [6.07, 6.45) is 0. The Balaban J connectivity index is 2.54. The number of nitrogens with zero attached hydrogens (tertiary/aromatic N) is 2. The highest BCUT2D eigenvalue weighted by Gasteiger charge is 2.08. The smallest absolute Gasteiger partial charge is 0.150 e. The first-order valence-electron chi connectivity index (χ1n) is 4.54. The van der Waals surface area contributed by atoms with E-state index in [0.29, 0.717) is 17.3 Å². The summed E-state index contributed by atoms with van der Waals surface area (Å²) in [5.41, 5.74) is 6.33. The molecule has 5 heteroatoms. The highest BCUT2D eigenvalue weighted by Crippen LogP contribution is 2.24. The molecule has 0 aliphatic rings. The number of para-hydroxylation sites is 2. The zero-order valence-corrected chi connectivity index (χ0v) is 8.31. The topological polar surface area (TPSA) is 76.1 Å². The number of rotatable bonds is 2. The van der Waals surface area contributed by atoms with Crippen LogP contribution in [0.2, 0.25) is 0 Å². The fourth-order valence-electron chi connectivity index (χ4n) is 1.35. The highest BCUT2D eigenvalue weighted by molar-refractivity contribution is 5.54. The summed E-state index contributed by atoms with van der Waals surface area (Å²) in [7, 11) is 1.76. The minimum Gasteiger partial charge on any atom is -0.506 e. The van der Waals surface area contributed by atoms with Crippen LogP contribution in [0.25, 0.3) is 5.69 Å². The first-order valence-corrected chi connectivity index (χ1v) is 4.54. The number of hydrogen-bond acceptors (Lipinski definition) is 4. The standard InChI is InChI=1S/C10H12N4O/c1-12-10-6-9(11)14(13-10)7-4-2-3-5-8(7)15/h2-6,15H,11H2,1H3,(H,12,13). The predicted octanol–water partition coefficient (Wildman–Crippen LogP) is 1.20. The van der Waals surface area contributed by atoms with Gasteiger partial charge < -0.3 is 16.2 Å². The Hall–Kier alpha value is -2.17. The molecular weight excluding hydrogens is 192 g/mol. The number of aromatic hydroxyl groups is 1. The maximum Gasteiger partial charge on any atom is 0.150 e. The van der Waals surface area contributed by atoms with Crippen molar-refractivity contribution in [3.05, 3.63) is 30.3 Å². The second-order valence-corrected chi connectivity index (χ2v) is 3.10. The summed E-state index contributed by atoms with van der Waals surface area (Å²) in [6, 6.07) is 8.60. The van der Waals surface area contributed by atoms with E-state index in [1.165, 1.54) is 4.68 Å². The van der Waals surface area contributed by atoms with Crippen molar-refractivity contribution in [3.63, 3.8) is 0 Å². The van der Waals surface area contributed by atoms with Gasteiger partial charge in [0.1, 0.15) is 23.1 Å². The summed E-state index contributed by atoms with van der Waals surface area (Å²) in [6.45, 7) is 0. The number of hydrogen-bond donors (Lipinski definition) is 3. The molecule has 78 valence electrons. The molecule has 0 unspecified atom stereocenters. The summed E-state index contributed by atoms with van der Waals surface area (Å²) in [5.74, 6) is 1.28. The van der Waals surface area contributed by atoms with Gasteiger partial charge in [-0.25, -0.2) is 4.68 Å². The lowest BCUT2D eigenvalue weighted by Gasteiger charge is -2.05. The van der Waals surface area contributed by atoms with Crippen LogP contribution < -0.4 is 11.1 Å². The van der Waals surface area contributed by atoms with Gasteiger partial charge in [0, 0.05) is 13.1 Å². The zero-order valence-electron chi connectivity index (χ0n) is 8.31. The predicted molar refractivity (Wildman–Crippen MR) is 59.2 cm³/mol. The third-order valence-corrected chi connectivity index (χ3v) is 2.10. The molecular formula is C10H12N4O. The second-order valence-electron chi connectivity index (χ2n) is 3.10. The van der Waals surface area contributed by atoms with Crippen LogP contribution in [0.5, 0.6) is 5.75 Å². The molecule has 1 heterocycles. The Morgan fingerprint density at radius 3 is 2.73 bits per heavy atom. The number of aromatic nitrogens is 2. The van der Waals surface area contributed by atoms with Gasteiger partial charge in [0.25, 0.3) is 0 Å². The zero-order chi connectivity index (χ0) is 10.8. The minimum atomic E-state index is 0.148. The maximum atomic E-state index is 9.63. The number of phenols is 1. The molecule has 1 aromatic heterocycles. The van der Waals surface area contributed by atoms with E-state index in [-0.39, 0.29) is 5.75 Å². The molecule has 2 rings (SSSR count). The molecule has 0 fully saturated rings. The first-order chi connectivity index (χ1) is 7.22. The molecule has 0 spiro atoms. The van der Waals surface area contributed by atoms with Crippen molar-refractivity contribution in [1.29, 1.82) is 0 Å². The fourth-order valence-corrected chi connectivity index (χ4v) is 1.35. The van der Waals surface area contributed by atoms with Gasteiger partial charge in [0.15, 0.2) is 0 Å². The number of nitrogens with two attached hydrogens (primary N) is 1. The van der Waals surface area contributed by atoms with Crippen LogP contribution in [0.4, 0.5) is 11.6 Å². The Morgan fingerprint density at radius 2 is 2.13 bits per heavy atom. The van der Waals surface area contributed by atoms with Crippen molar-refractivity contribution in [2.45, 2.75) is 0 Å². The van der Waals surface area contributed by atoms with E-state index in [1.807, 2.05) is 6.07 Å². The lowest BCUT2D eigenvalue weighted by Crippen LogP contribution is -2.02. The maximum absolute atomic E-state index is 9.63. The first kappa shape index (κ1) is 9.39. The molecule has 0 saturated carbocycles. The third kappa shape index (κ3) is 1.59. The molecule has 0 aliphatic heterocycles. The SMILES string of the molecule is CNc1cc(N)n(-c2ccccc2O)n1. The second kappa shape index (κ2) is 3.53. The Bertz CT molecular complexity index is 478. The van der Waals surface area contributed by atoms with Crippen LogP contribution in [-0.2, 0) is 0 Å². The Morgan fingerprint density at radius 1 is 1.40 bits per heavy atom. The van der Waals surface area contributed by atoms with Crippen LogP contribution in [-0.4, -0.2) is 21.9 Å².